The Kier molecular flexibility index (Phi) is 4.29. The highest BCUT2D eigenvalue weighted by atomic mass is 16.4. The van der Waals surface area contributed by atoms with E-state index in [1.54, 1.807) is 0 Å². The maximum Gasteiger partial charge on any atom is 0.307 e. The molecule has 1 saturated carbocycles. The molecule has 1 amide bonds. The Bertz CT molecular complexity index is 445. The smallest absolute Gasteiger partial charge is 0.307 e. The fourth-order valence-corrected chi connectivity index (χ4v) is 3.55. The SMILES string of the molecule is O=C(O)C1CC=CCC1C(=O)NCC1CCN(C2CC2)C1. The number of aliphatic carboxylic acids is 1. The summed E-state index contributed by atoms with van der Waals surface area (Å²) in [5.74, 6) is -1.40. The van der Waals surface area contributed by atoms with Crippen molar-refractivity contribution in [3.8, 4) is 0 Å². The fraction of sp³-hybridized carbons (Fsp3) is 0.750. The third kappa shape index (κ3) is 3.46. The highest BCUT2D eigenvalue weighted by Crippen LogP contribution is 2.31. The molecule has 3 aliphatic rings. The first-order valence-corrected chi connectivity index (χ1v) is 8.04. The van der Waals surface area contributed by atoms with Gasteiger partial charge in [0.1, 0.15) is 0 Å². The lowest BCUT2D eigenvalue weighted by atomic mass is 9.82. The van der Waals surface area contributed by atoms with Gasteiger partial charge in [0.15, 0.2) is 0 Å². The van der Waals surface area contributed by atoms with Gasteiger partial charge in [0.2, 0.25) is 5.91 Å². The van der Waals surface area contributed by atoms with Crippen molar-refractivity contribution in [2.45, 2.75) is 38.1 Å². The van der Waals surface area contributed by atoms with E-state index in [1.165, 1.54) is 12.8 Å². The predicted molar refractivity (Wildman–Crippen MR) is 78.7 cm³/mol. The van der Waals surface area contributed by atoms with Gasteiger partial charge in [0.25, 0.3) is 0 Å². The molecule has 1 heterocycles. The van der Waals surface area contributed by atoms with E-state index >= 15 is 0 Å². The summed E-state index contributed by atoms with van der Waals surface area (Å²) in [5, 5.41) is 12.2. The van der Waals surface area contributed by atoms with E-state index in [-0.39, 0.29) is 5.91 Å². The summed E-state index contributed by atoms with van der Waals surface area (Å²) in [6.07, 6.45) is 8.60. The molecule has 0 radical (unpaired) electrons. The third-order valence-electron chi connectivity index (χ3n) is 5.03. The Morgan fingerprint density at radius 1 is 1.14 bits per heavy atom. The molecule has 3 rings (SSSR count). The summed E-state index contributed by atoms with van der Waals surface area (Å²) in [6.45, 7) is 2.92. The second-order valence-corrected chi connectivity index (χ2v) is 6.62. The largest absolute Gasteiger partial charge is 0.481 e. The summed E-state index contributed by atoms with van der Waals surface area (Å²) in [6, 6.07) is 0.797. The van der Waals surface area contributed by atoms with E-state index in [2.05, 4.69) is 10.2 Å². The van der Waals surface area contributed by atoms with Gasteiger partial charge in [-0.05, 0) is 44.6 Å². The van der Waals surface area contributed by atoms with E-state index in [0.717, 1.165) is 25.6 Å². The summed E-state index contributed by atoms with van der Waals surface area (Å²) in [4.78, 5) is 26.0. The molecule has 1 aliphatic heterocycles. The first kappa shape index (κ1) is 14.6. The molecule has 3 unspecified atom stereocenters. The van der Waals surface area contributed by atoms with Gasteiger partial charge in [-0.25, -0.2) is 0 Å². The minimum atomic E-state index is -0.861. The van der Waals surface area contributed by atoms with Gasteiger partial charge in [-0.1, -0.05) is 12.2 Å². The Morgan fingerprint density at radius 2 is 1.86 bits per heavy atom. The van der Waals surface area contributed by atoms with Crippen molar-refractivity contribution in [1.82, 2.24) is 10.2 Å². The second-order valence-electron chi connectivity index (χ2n) is 6.62. The molecule has 1 saturated heterocycles. The van der Waals surface area contributed by atoms with Crippen molar-refractivity contribution in [3.05, 3.63) is 12.2 Å². The van der Waals surface area contributed by atoms with Gasteiger partial charge in [-0.2, -0.15) is 0 Å². The standard InChI is InChI=1S/C16H24N2O3/c19-15(13-3-1-2-4-14(13)16(20)21)17-9-11-7-8-18(10-11)12-5-6-12/h1-2,11-14H,3-10H2,(H,17,19)(H,20,21). The summed E-state index contributed by atoms with van der Waals surface area (Å²) < 4.78 is 0. The lowest BCUT2D eigenvalue weighted by Gasteiger charge is -2.25. The van der Waals surface area contributed by atoms with Crippen LogP contribution in [0.3, 0.4) is 0 Å². The lowest BCUT2D eigenvalue weighted by Crippen LogP contribution is -2.41. The van der Waals surface area contributed by atoms with Gasteiger partial charge in [0, 0.05) is 19.1 Å². The van der Waals surface area contributed by atoms with E-state index < -0.39 is 17.8 Å². The van der Waals surface area contributed by atoms with Crippen LogP contribution in [0.25, 0.3) is 0 Å². The second kappa shape index (κ2) is 6.18. The van der Waals surface area contributed by atoms with Crippen LogP contribution in [0, 0.1) is 17.8 Å². The molecular formula is C16H24N2O3. The maximum atomic E-state index is 12.3. The molecule has 116 valence electrons. The first-order chi connectivity index (χ1) is 10.1. The third-order valence-corrected chi connectivity index (χ3v) is 5.03. The zero-order chi connectivity index (χ0) is 14.8. The number of carbonyl (C=O) groups excluding carboxylic acids is 1. The summed E-state index contributed by atoms with van der Waals surface area (Å²) >= 11 is 0. The van der Waals surface area contributed by atoms with Crippen LogP contribution in [0.15, 0.2) is 12.2 Å². The number of hydrogen-bond donors (Lipinski definition) is 2. The van der Waals surface area contributed by atoms with Gasteiger partial charge in [0.05, 0.1) is 11.8 Å². The molecule has 5 nitrogen and oxygen atoms in total. The monoisotopic (exact) mass is 292 g/mol. The van der Waals surface area contributed by atoms with Crippen molar-refractivity contribution < 1.29 is 14.7 Å². The number of amides is 1. The molecule has 3 atom stereocenters. The molecule has 2 aliphatic carbocycles. The van der Waals surface area contributed by atoms with Crippen molar-refractivity contribution in [2.75, 3.05) is 19.6 Å². The average molecular weight is 292 g/mol. The number of rotatable bonds is 5. The van der Waals surface area contributed by atoms with Crippen LogP contribution in [0.2, 0.25) is 0 Å². The number of carboxylic acids is 1. The van der Waals surface area contributed by atoms with Crippen molar-refractivity contribution in [2.24, 2.45) is 17.8 Å². The Morgan fingerprint density at radius 3 is 2.52 bits per heavy atom. The number of carbonyl (C=O) groups is 2. The number of nitrogens with one attached hydrogen (secondary N) is 1. The van der Waals surface area contributed by atoms with Crippen molar-refractivity contribution in [3.63, 3.8) is 0 Å². The van der Waals surface area contributed by atoms with Gasteiger partial charge >= 0.3 is 5.97 Å². The van der Waals surface area contributed by atoms with E-state index in [0.29, 0.717) is 25.3 Å². The van der Waals surface area contributed by atoms with Crippen LogP contribution in [0.5, 0.6) is 0 Å². The minimum absolute atomic E-state index is 0.0865. The Labute approximate surface area is 125 Å². The number of allylic oxidation sites excluding steroid dienone is 2. The predicted octanol–water partition coefficient (Wildman–Crippen LogP) is 1.25. The van der Waals surface area contributed by atoms with Crippen molar-refractivity contribution >= 4 is 11.9 Å². The number of carboxylic acid groups (broad SMARTS) is 1. The molecule has 2 N–H and O–H groups in total. The summed E-state index contributed by atoms with van der Waals surface area (Å²) in [7, 11) is 0. The molecule has 0 bridgehead atoms. The normalized spacial score (nSPS) is 33.0. The molecule has 0 aromatic rings. The lowest BCUT2D eigenvalue weighted by molar-refractivity contribution is -0.147. The van der Waals surface area contributed by atoms with Crippen molar-refractivity contribution in [1.29, 1.82) is 0 Å². The molecular weight excluding hydrogens is 268 g/mol. The zero-order valence-corrected chi connectivity index (χ0v) is 12.3. The van der Waals surface area contributed by atoms with E-state index in [9.17, 15) is 14.7 Å². The van der Waals surface area contributed by atoms with Gasteiger partial charge < -0.3 is 15.3 Å². The van der Waals surface area contributed by atoms with Crippen LogP contribution in [-0.4, -0.2) is 47.6 Å². The van der Waals surface area contributed by atoms with E-state index in [1.807, 2.05) is 12.2 Å². The molecule has 0 aromatic heterocycles. The molecule has 5 heteroatoms. The highest BCUT2D eigenvalue weighted by Gasteiger charge is 2.36. The average Bonchev–Trinajstić information content (AvgIpc) is 3.24. The van der Waals surface area contributed by atoms with Gasteiger partial charge in [-0.15, -0.1) is 0 Å². The van der Waals surface area contributed by atoms with Crippen LogP contribution >= 0.6 is 0 Å². The number of likely N-dealkylation sites (tertiary alicyclic amines) is 1. The highest BCUT2D eigenvalue weighted by molar-refractivity contribution is 5.85. The molecule has 2 fully saturated rings. The van der Waals surface area contributed by atoms with Gasteiger partial charge in [-0.3, -0.25) is 9.59 Å². The van der Waals surface area contributed by atoms with Crippen LogP contribution in [-0.2, 0) is 9.59 Å². The number of nitrogens with zero attached hydrogens (tertiary/aromatic N) is 1. The quantitative estimate of drug-likeness (QED) is 0.748. The molecule has 0 spiro atoms. The zero-order valence-electron chi connectivity index (χ0n) is 12.3. The first-order valence-electron chi connectivity index (χ1n) is 8.04. The van der Waals surface area contributed by atoms with E-state index in [4.69, 9.17) is 0 Å². The van der Waals surface area contributed by atoms with Crippen LogP contribution < -0.4 is 5.32 Å². The Balaban J connectivity index is 1.47. The van der Waals surface area contributed by atoms with Crippen LogP contribution in [0.1, 0.15) is 32.1 Å². The number of hydrogen-bond acceptors (Lipinski definition) is 3. The Hall–Kier alpha value is -1.36. The van der Waals surface area contributed by atoms with Crippen LogP contribution in [0.4, 0.5) is 0 Å². The summed E-state index contributed by atoms with van der Waals surface area (Å²) in [5.41, 5.74) is 0. The topological polar surface area (TPSA) is 69.6 Å². The minimum Gasteiger partial charge on any atom is -0.481 e. The maximum absolute atomic E-state index is 12.3. The molecule has 0 aromatic carbocycles. The fourth-order valence-electron chi connectivity index (χ4n) is 3.55. The molecule has 21 heavy (non-hydrogen) atoms.